The molecular weight excluding hydrogens is 282 g/mol. The molecule has 0 saturated heterocycles. The van der Waals surface area contributed by atoms with Crippen molar-refractivity contribution in [2.75, 3.05) is 24.7 Å². The summed E-state index contributed by atoms with van der Waals surface area (Å²) in [5.74, 6) is -0.843. The Hall–Kier alpha value is -1.95. The Bertz CT molecular complexity index is 506. The van der Waals surface area contributed by atoms with Gasteiger partial charge < -0.3 is 21.5 Å². The largest absolute Gasteiger partial charge is 0.465 e. The minimum atomic E-state index is -0.515. The van der Waals surface area contributed by atoms with Crippen molar-refractivity contribution in [2.45, 2.75) is 19.3 Å². The van der Waals surface area contributed by atoms with Gasteiger partial charge in [-0.15, -0.1) is 0 Å². The standard InChI is InChI=1S/C13H18ClN3O3/c1-20-13(19)9-6-8(15)7-10(14)12(9)17-5-3-2-4-11(16)18/h6-7,17H,2-5,15H2,1H3,(H2,16,18). The summed E-state index contributed by atoms with van der Waals surface area (Å²) in [5.41, 5.74) is 11.9. The maximum atomic E-state index is 11.7. The van der Waals surface area contributed by atoms with Crippen LogP contribution >= 0.6 is 11.6 Å². The fourth-order valence-corrected chi connectivity index (χ4v) is 2.01. The molecule has 0 aliphatic carbocycles. The van der Waals surface area contributed by atoms with Gasteiger partial charge in [0.2, 0.25) is 5.91 Å². The fraction of sp³-hybridized carbons (Fsp3) is 0.385. The average Bonchev–Trinajstić information content (AvgIpc) is 2.38. The van der Waals surface area contributed by atoms with Crippen molar-refractivity contribution in [2.24, 2.45) is 5.73 Å². The zero-order valence-electron chi connectivity index (χ0n) is 11.2. The molecule has 0 unspecified atom stereocenters. The number of halogens is 1. The highest BCUT2D eigenvalue weighted by molar-refractivity contribution is 6.34. The van der Waals surface area contributed by atoms with Crippen molar-refractivity contribution >= 4 is 34.9 Å². The van der Waals surface area contributed by atoms with Crippen LogP contribution in [-0.2, 0) is 9.53 Å². The molecule has 7 heteroatoms. The van der Waals surface area contributed by atoms with E-state index in [1.807, 2.05) is 0 Å². The predicted octanol–water partition coefficient (Wildman–Crippen LogP) is 1.78. The topological polar surface area (TPSA) is 107 Å². The molecule has 1 amide bonds. The van der Waals surface area contributed by atoms with E-state index in [1.54, 1.807) is 6.07 Å². The van der Waals surface area contributed by atoms with Gasteiger partial charge in [0.1, 0.15) is 0 Å². The molecule has 0 heterocycles. The number of carbonyl (C=O) groups is 2. The number of esters is 1. The molecule has 0 aliphatic heterocycles. The van der Waals surface area contributed by atoms with Crippen LogP contribution in [0.1, 0.15) is 29.6 Å². The van der Waals surface area contributed by atoms with Gasteiger partial charge in [-0.3, -0.25) is 4.79 Å². The van der Waals surface area contributed by atoms with Crippen LogP contribution < -0.4 is 16.8 Å². The van der Waals surface area contributed by atoms with Crippen molar-refractivity contribution in [1.82, 2.24) is 0 Å². The highest BCUT2D eigenvalue weighted by Crippen LogP contribution is 2.29. The molecule has 0 spiro atoms. The summed E-state index contributed by atoms with van der Waals surface area (Å²) in [6, 6.07) is 3.06. The minimum absolute atomic E-state index is 0.285. The number of ether oxygens (including phenoxy) is 1. The first-order valence-corrected chi connectivity index (χ1v) is 6.53. The van der Waals surface area contributed by atoms with Crippen LogP contribution in [0.15, 0.2) is 12.1 Å². The van der Waals surface area contributed by atoms with Gasteiger partial charge >= 0.3 is 5.97 Å². The Morgan fingerprint density at radius 2 is 2.05 bits per heavy atom. The number of nitrogens with two attached hydrogens (primary N) is 2. The van der Waals surface area contributed by atoms with E-state index < -0.39 is 5.97 Å². The fourth-order valence-electron chi connectivity index (χ4n) is 1.72. The first-order valence-electron chi connectivity index (χ1n) is 6.15. The van der Waals surface area contributed by atoms with Crippen LogP contribution in [-0.4, -0.2) is 25.5 Å². The Labute approximate surface area is 122 Å². The van der Waals surface area contributed by atoms with E-state index in [-0.39, 0.29) is 11.5 Å². The molecule has 0 radical (unpaired) electrons. The van der Waals surface area contributed by atoms with Crippen molar-refractivity contribution in [1.29, 1.82) is 0 Å². The molecule has 1 rings (SSSR count). The number of amides is 1. The van der Waals surface area contributed by atoms with E-state index in [9.17, 15) is 9.59 Å². The molecule has 0 atom stereocenters. The molecule has 0 aliphatic rings. The van der Waals surface area contributed by atoms with Crippen LogP contribution in [0.2, 0.25) is 5.02 Å². The lowest BCUT2D eigenvalue weighted by Crippen LogP contribution is -2.12. The Balaban J connectivity index is 2.73. The molecule has 0 fully saturated rings. The quantitative estimate of drug-likeness (QED) is 0.404. The third-order valence-corrected chi connectivity index (χ3v) is 2.97. The van der Waals surface area contributed by atoms with Crippen LogP contribution in [0, 0.1) is 0 Å². The number of anilines is 2. The number of hydrogen-bond donors (Lipinski definition) is 3. The molecule has 6 nitrogen and oxygen atoms in total. The number of unbranched alkanes of at least 4 members (excludes halogenated alkanes) is 1. The minimum Gasteiger partial charge on any atom is -0.465 e. The highest BCUT2D eigenvalue weighted by Gasteiger charge is 2.15. The summed E-state index contributed by atoms with van der Waals surface area (Å²) < 4.78 is 4.69. The first-order chi connectivity index (χ1) is 9.45. The number of nitrogens with one attached hydrogen (secondary N) is 1. The van der Waals surface area contributed by atoms with E-state index >= 15 is 0 Å². The summed E-state index contributed by atoms with van der Waals surface area (Å²) >= 11 is 6.07. The lowest BCUT2D eigenvalue weighted by Gasteiger charge is -2.13. The lowest BCUT2D eigenvalue weighted by molar-refractivity contribution is -0.118. The monoisotopic (exact) mass is 299 g/mol. The molecule has 1 aromatic carbocycles. The van der Waals surface area contributed by atoms with Gasteiger partial charge in [0.05, 0.1) is 23.4 Å². The van der Waals surface area contributed by atoms with Gasteiger partial charge in [0.25, 0.3) is 0 Å². The zero-order chi connectivity index (χ0) is 15.1. The number of rotatable bonds is 7. The van der Waals surface area contributed by atoms with E-state index in [2.05, 4.69) is 5.32 Å². The molecular formula is C13H18ClN3O3. The number of carbonyl (C=O) groups excluding carboxylic acids is 2. The number of methoxy groups -OCH3 is 1. The highest BCUT2D eigenvalue weighted by atomic mass is 35.5. The third-order valence-electron chi connectivity index (χ3n) is 2.67. The van der Waals surface area contributed by atoms with Crippen LogP contribution in [0.5, 0.6) is 0 Å². The first kappa shape index (κ1) is 16.1. The molecule has 1 aromatic rings. The van der Waals surface area contributed by atoms with Crippen LogP contribution in [0.3, 0.4) is 0 Å². The second-order valence-corrected chi connectivity index (χ2v) is 4.67. The molecule has 0 bridgehead atoms. The van der Waals surface area contributed by atoms with Crippen LogP contribution in [0.4, 0.5) is 11.4 Å². The predicted molar refractivity (Wildman–Crippen MR) is 78.7 cm³/mol. The SMILES string of the molecule is COC(=O)c1cc(N)cc(Cl)c1NCCCCC(N)=O. The van der Waals surface area contributed by atoms with Crippen molar-refractivity contribution in [3.8, 4) is 0 Å². The summed E-state index contributed by atoms with van der Waals surface area (Å²) in [4.78, 5) is 22.3. The second-order valence-electron chi connectivity index (χ2n) is 4.27. The maximum Gasteiger partial charge on any atom is 0.340 e. The summed E-state index contributed by atoms with van der Waals surface area (Å²) in [6.07, 6.45) is 1.73. The Morgan fingerprint density at radius 1 is 1.35 bits per heavy atom. The lowest BCUT2D eigenvalue weighted by atomic mass is 10.1. The van der Waals surface area contributed by atoms with Crippen molar-refractivity contribution in [3.63, 3.8) is 0 Å². The number of primary amides is 1. The van der Waals surface area contributed by atoms with Gasteiger partial charge in [-0.25, -0.2) is 4.79 Å². The van der Waals surface area contributed by atoms with Gasteiger partial charge in [0, 0.05) is 18.7 Å². The van der Waals surface area contributed by atoms with Gasteiger partial charge in [0.15, 0.2) is 0 Å². The van der Waals surface area contributed by atoms with Gasteiger partial charge in [-0.2, -0.15) is 0 Å². The third kappa shape index (κ3) is 4.62. The van der Waals surface area contributed by atoms with E-state index in [0.717, 1.165) is 6.42 Å². The van der Waals surface area contributed by atoms with Gasteiger partial charge in [-0.05, 0) is 25.0 Å². The van der Waals surface area contributed by atoms with E-state index in [1.165, 1.54) is 13.2 Å². The zero-order valence-corrected chi connectivity index (χ0v) is 12.0. The normalized spacial score (nSPS) is 10.1. The Morgan fingerprint density at radius 3 is 2.65 bits per heavy atom. The summed E-state index contributed by atoms with van der Waals surface area (Å²) in [6.45, 7) is 0.556. The van der Waals surface area contributed by atoms with Crippen molar-refractivity contribution in [3.05, 3.63) is 22.7 Å². The molecule has 5 N–H and O–H groups in total. The van der Waals surface area contributed by atoms with Gasteiger partial charge in [-0.1, -0.05) is 11.6 Å². The van der Waals surface area contributed by atoms with Crippen molar-refractivity contribution < 1.29 is 14.3 Å². The molecule has 0 saturated carbocycles. The average molecular weight is 300 g/mol. The summed E-state index contributed by atoms with van der Waals surface area (Å²) in [7, 11) is 1.29. The smallest absolute Gasteiger partial charge is 0.340 e. The summed E-state index contributed by atoms with van der Waals surface area (Å²) in [5, 5.41) is 3.40. The second kappa shape index (κ2) is 7.59. The maximum absolute atomic E-state index is 11.7. The number of hydrogen-bond acceptors (Lipinski definition) is 5. The Kier molecular flexibility index (Phi) is 6.11. The van der Waals surface area contributed by atoms with Crippen LogP contribution in [0.25, 0.3) is 0 Å². The van der Waals surface area contributed by atoms with E-state index in [0.29, 0.717) is 35.8 Å². The number of benzene rings is 1. The van der Waals surface area contributed by atoms with E-state index in [4.69, 9.17) is 27.8 Å². The molecule has 20 heavy (non-hydrogen) atoms. The number of nitrogen functional groups attached to an aromatic ring is 1. The molecule has 0 aromatic heterocycles. The molecule has 110 valence electrons.